The number of carboxylic acid groups (broad SMARTS) is 1. The van der Waals surface area contributed by atoms with Crippen molar-refractivity contribution in [2.75, 3.05) is 0 Å². The molecule has 2 N–H and O–H groups in total. The number of benzene rings is 1. The van der Waals surface area contributed by atoms with Crippen LogP contribution in [0.25, 0.3) is 0 Å². The number of halogens is 2. The molecule has 0 saturated carbocycles. The monoisotopic (exact) mass is 290 g/mol. The van der Waals surface area contributed by atoms with Crippen LogP contribution in [-0.2, 0) is 11.2 Å². The molecule has 0 fully saturated rings. The zero-order valence-corrected chi connectivity index (χ0v) is 10.2. The van der Waals surface area contributed by atoms with Gasteiger partial charge >= 0.3 is 5.97 Å². The molecule has 2 unspecified atom stereocenters. The largest absolute Gasteiger partial charge is 0.479 e. The fourth-order valence-electron chi connectivity index (χ4n) is 1.37. The fraction of sp³-hybridized carbons (Fsp3) is 0.364. The third kappa shape index (κ3) is 3.28. The maximum absolute atomic E-state index is 13.2. The molecule has 5 heteroatoms. The molecule has 88 valence electrons. The third-order valence-electron chi connectivity index (χ3n) is 2.24. The van der Waals surface area contributed by atoms with Crippen molar-refractivity contribution in [3.05, 3.63) is 34.3 Å². The van der Waals surface area contributed by atoms with Gasteiger partial charge in [-0.1, -0.05) is 28.1 Å². The van der Waals surface area contributed by atoms with Crippen LogP contribution in [0.1, 0.15) is 12.5 Å². The molecule has 3 nitrogen and oxygen atoms in total. The first-order chi connectivity index (χ1) is 7.33. The van der Waals surface area contributed by atoms with Gasteiger partial charge in [0.25, 0.3) is 0 Å². The normalized spacial score (nSPS) is 16.5. The Morgan fingerprint density at radius 2 is 2.00 bits per heavy atom. The molecule has 0 heterocycles. The standard InChI is InChI=1S/C11H12BrFO3/c1-11(16,9(13)10(14)15)6-7-2-4-8(12)5-3-7/h2-5,9,16H,6H2,1H3,(H,14,15). The van der Waals surface area contributed by atoms with Crippen LogP contribution in [0.5, 0.6) is 0 Å². The maximum Gasteiger partial charge on any atom is 0.341 e. The molecule has 0 aliphatic carbocycles. The number of carbonyl (C=O) groups is 1. The van der Waals surface area contributed by atoms with Crippen molar-refractivity contribution in [2.45, 2.75) is 25.1 Å². The van der Waals surface area contributed by atoms with E-state index in [1.165, 1.54) is 6.92 Å². The summed E-state index contributed by atoms with van der Waals surface area (Å²) in [6.45, 7) is 1.17. The van der Waals surface area contributed by atoms with Crippen LogP contribution < -0.4 is 0 Å². The van der Waals surface area contributed by atoms with Crippen LogP contribution in [0.2, 0.25) is 0 Å². The minimum atomic E-state index is -2.30. The van der Waals surface area contributed by atoms with E-state index >= 15 is 0 Å². The predicted octanol–water partition coefficient (Wildman–Crippen LogP) is 2.17. The second-order valence-corrected chi connectivity index (χ2v) is 4.78. The number of hydrogen-bond donors (Lipinski definition) is 2. The van der Waals surface area contributed by atoms with E-state index in [-0.39, 0.29) is 6.42 Å². The summed E-state index contributed by atoms with van der Waals surface area (Å²) in [6, 6.07) is 6.90. The van der Waals surface area contributed by atoms with Crippen molar-refractivity contribution < 1.29 is 19.4 Å². The first-order valence-electron chi connectivity index (χ1n) is 4.66. The number of rotatable bonds is 4. The molecule has 1 aromatic rings. The second kappa shape index (κ2) is 4.93. The van der Waals surface area contributed by atoms with E-state index in [9.17, 15) is 14.3 Å². The first kappa shape index (κ1) is 13.1. The molecule has 0 spiro atoms. The van der Waals surface area contributed by atoms with Gasteiger partial charge in [-0.2, -0.15) is 0 Å². The van der Waals surface area contributed by atoms with E-state index in [1.807, 2.05) is 0 Å². The molecule has 1 rings (SSSR count). The van der Waals surface area contributed by atoms with E-state index in [2.05, 4.69) is 15.9 Å². The first-order valence-corrected chi connectivity index (χ1v) is 5.46. The predicted molar refractivity (Wildman–Crippen MR) is 61.0 cm³/mol. The summed E-state index contributed by atoms with van der Waals surface area (Å²) >= 11 is 3.25. The molecule has 0 aromatic heterocycles. The van der Waals surface area contributed by atoms with Crippen LogP contribution in [0.3, 0.4) is 0 Å². The average Bonchev–Trinajstić information content (AvgIpc) is 2.20. The lowest BCUT2D eigenvalue weighted by Crippen LogP contribution is -2.43. The van der Waals surface area contributed by atoms with Gasteiger partial charge in [-0.15, -0.1) is 0 Å². The van der Waals surface area contributed by atoms with Crippen molar-refractivity contribution in [1.82, 2.24) is 0 Å². The Morgan fingerprint density at radius 3 is 2.44 bits per heavy atom. The number of carboxylic acids is 1. The molecule has 0 saturated heterocycles. The van der Waals surface area contributed by atoms with E-state index in [4.69, 9.17) is 5.11 Å². The van der Waals surface area contributed by atoms with Gasteiger partial charge in [-0.25, -0.2) is 9.18 Å². The fourth-order valence-corrected chi connectivity index (χ4v) is 1.64. The number of aliphatic carboxylic acids is 1. The molecule has 0 radical (unpaired) electrons. The Bertz CT molecular complexity index is 375. The topological polar surface area (TPSA) is 57.5 Å². The summed E-state index contributed by atoms with van der Waals surface area (Å²) in [6.07, 6.45) is -2.34. The number of aliphatic hydroxyl groups is 1. The minimum Gasteiger partial charge on any atom is -0.479 e. The zero-order valence-electron chi connectivity index (χ0n) is 8.65. The molecule has 2 atom stereocenters. The summed E-state index contributed by atoms with van der Waals surface area (Å²) in [5.74, 6) is -1.65. The maximum atomic E-state index is 13.2. The highest BCUT2D eigenvalue weighted by Gasteiger charge is 2.37. The van der Waals surface area contributed by atoms with Gasteiger partial charge in [0.15, 0.2) is 0 Å². The van der Waals surface area contributed by atoms with Crippen molar-refractivity contribution >= 4 is 21.9 Å². The highest BCUT2D eigenvalue weighted by atomic mass is 79.9. The van der Waals surface area contributed by atoms with Crippen LogP contribution >= 0.6 is 15.9 Å². The molecule has 0 aliphatic heterocycles. The SMILES string of the molecule is CC(O)(Cc1ccc(Br)cc1)C(F)C(=O)O. The lowest BCUT2D eigenvalue weighted by Gasteiger charge is -2.24. The van der Waals surface area contributed by atoms with Gasteiger partial charge in [0.2, 0.25) is 6.17 Å². The van der Waals surface area contributed by atoms with Gasteiger partial charge in [0.05, 0.1) is 0 Å². The molecule has 16 heavy (non-hydrogen) atoms. The molecule has 0 bridgehead atoms. The van der Waals surface area contributed by atoms with Crippen molar-refractivity contribution in [3.8, 4) is 0 Å². The number of hydrogen-bond acceptors (Lipinski definition) is 2. The summed E-state index contributed by atoms with van der Waals surface area (Å²) in [7, 11) is 0. The van der Waals surface area contributed by atoms with Crippen molar-refractivity contribution in [3.63, 3.8) is 0 Å². The summed E-state index contributed by atoms with van der Waals surface area (Å²) in [4.78, 5) is 10.4. The van der Waals surface area contributed by atoms with Gasteiger partial charge in [-0.3, -0.25) is 0 Å². The van der Waals surface area contributed by atoms with Crippen LogP contribution in [-0.4, -0.2) is 28.0 Å². The Hall–Kier alpha value is -0.940. The average molecular weight is 291 g/mol. The van der Waals surface area contributed by atoms with Gasteiger partial charge in [-0.05, 0) is 24.6 Å². The van der Waals surface area contributed by atoms with Crippen LogP contribution in [0.15, 0.2) is 28.7 Å². The van der Waals surface area contributed by atoms with Gasteiger partial charge < -0.3 is 10.2 Å². The van der Waals surface area contributed by atoms with E-state index in [1.54, 1.807) is 24.3 Å². The Balaban J connectivity index is 2.79. The van der Waals surface area contributed by atoms with Gasteiger partial charge in [0, 0.05) is 10.9 Å². The molecular formula is C11H12BrFO3. The second-order valence-electron chi connectivity index (χ2n) is 3.86. The minimum absolute atomic E-state index is 0.0479. The summed E-state index contributed by atoms with van der Waals surface area (Å²) in [5, 5.41) is 18.2. The highest BCUT2D eigenvalue weighted by molar-refractivity contribution is 9.10. The van der Waals surface area contributed by atoms with Crippen molar-refractivity contribution in [2.24, 2.45) is 0 Å². The molecular weight excluding hydrogens is 279 g/mol. The quantitative estimate of drug-likeness (QED) is 0.893. The molecule has 1 aromatic carbocycles. The highest BCUT2D eigenvalue weighted by Crippen LogP contribution is 2.21. The molecule has 0 amide bonds. The lowest BCUT2D eigenvalue weighted by molar-refractivity contribution is -0.152. The smallest absolute Gasteiger partial charge is 0.341 e. The lowest BCUT2D eigenvalue weighted by atomic mass is 9.92. The van der Waals surface area contributed by atoms with E-state index in [0.29, 0.717) is 5.56 Å². The number of alkyl halides is 1. The summed E-state index contributed by atoms with van der Waals surface area (Å²) in [5.41, 5.74) is -1.23. The Morgan fingerprint density at radius 1 is 1.50 bits per heavy atom. The summed E-state index contributed by atoms with van der Waals surface area (Å²) < 4.78 is 14.1. The van der Waals surface area contributed by atoms with E-state index in [0.717, 1.165) is 4.47 Å². The van der Waals surface area contributed by atoms with Crippen molar-refractivity contribution in [1.29, 1.82) is 0 Å². The molecule has 0 aliphatic rings. The Kier molecular flexibility index (Phi) is 4.04. The zero-order chi connectivity index (χ0) is 12.3. The Labute approximate surface area is 101 Å². The van der Waals surface area contributed by atoms with Gasteiger partial charge in [0.1, 0.15) is 5.60 Å². The van der Waals surface area contributed by atoms with Crippen LogP contribution in [0, 0.1) is 0 Å². The van der Waals surface area contributed by atoms with E-state index < -0.39 is 17.7 Å². The third-order valence-corrected chi connectivity index (χ3v) is 2.77. The van der Waals surface area contributed by atoms with Crippen LogP contribution in [0.4, 0.5) is 4.39 Å².